The van der Waals surface area contributed by atoms with Crippen molar-refractivity contribution in [2.24, 2.45) is 11.7 Å². The maximum atomic E-state index is 14.2. The van der Waals surface area contributed by atoms with Crippen LogP contribution in [-0.4, -0.2) is 11.2 Å². The summed E-state index contributed by atoms with van der Waals surface area (Å²) in [4.78, 5) is 0. The lowest BCUT2D eigenvalue weighted by Crippen LogP contribution is -2.35. The van der Waals surface area contributed by atoms with Crippen LogP contribution in [0, 0.1) is 18.7 Å². The fourth-order valence-electron chi connectivity index (χ4n) is 2.92. The molecule has 20 heavy (non-hydrogen) atoms. The third-order valence-corrected chi connectivity index (χ3v) is 4.48. The number of benzene rings is 1. The summed E-state index contributed by atoms with van der Waals surface area (Å²) in [5.41, 5.74) is 6.82. The first kappa shape index (κ1) is 17.7. The van der Waals surface area contributed by atoms with Gasteiger partial charge in [0, 0.05) is 10.6 Å². The van der Waals surface area contributed by atoms with Crippen LogP contribution in [0.4, 0.5) is 4.39 Å². The van der Waals surface area contributed by atoms with Gasteiger partial charge in [-0.15, -0.1) is 12.4 Å². The third-order valence-electron chi connectivity index (χ3n) is 4.15. The number of rotatable bonds is 3. The quantitative estimate of drug-likeness (QED) is 0.878. The van der Waals surface area contributed by atoms with Crippen molar-refractivity contribution in [3.63, 3.8) is 0 Å². The van der Waals surface area contributed by atoms with Gasteiger partial charge in [0.1, 0.15) is 5.82 Å². The van der Waals surface area contributed by atoms with E-state index in [0.717, 1.165) is 25.7 Å². The van der Waals surface area contributed by atoms with Crippen molar-refractivity contribution in [1.29, 1.82) is 0 Å². The zero-order valence-corrected chi connectivity index (χ0v) is 13.2. The molecule has 1 aromatic rings. The Bertz CT molecular complexity index is 450. The van der Waals surface area contributed by atoms with Crippen LogP contribution in [0.1, 0.15) is 49.3 Å². The van der Waals surface area contributed by atoms with E-state index in [4.69, 9.17) is 17.3 Å². The Hall–Kier alpha value is -0.350. The first-order valence-electron chi connectivity index (χ1n) is 6.90. The molecule has 0 amide bonds. The Morgan fingerprint density at radius 1 is 1.30 bits per heavy atom. The average molecular weight is 322 g/mol. The molecule has 0 spiro atoms. The van der Waals surface area contributed by atoms with Crippen LogP contribution in [0.3, 0.4) is 0 Å². The molecule has 0 heterocycles. The zero-order valence-electron chi connectivity index (χ0n) is 11.6. The number of hydrogen-bond acceptors (Lipinski definition) is 2. The standard InChI is InChI=1S/C15H21ClFNO.ClH/c1-9-7-8-11(16)12(13(9)17)14(18)15(19)10-5-3-2-4-6-10;/h7-8,10,14-15,19H,2-6,18H2,1H3;1H/t14-,15+;/m1./s1. The van der Waals surface area contributed by atoms with Crippen molar-refractivity contribution in [2.45, 2.75) is 51.2 Å². The Morgan fingerprint density at radius 3 is 2.50 bits per heavy atom. The van der Waals surface area contributed by atoms with Crippen molar-refractivity contribution in [1.82, 2.24) is 0 Å². The van der Waals surface area contributed by atoms with Gasteiger partial charge < -0.3 is 10.8 Å². The van der Waals surface area contributed by atoms with E-state index in [-0.39, 0.29) is 23.9 Å². The first-order chi connectivity index (χ1) is 9.02. The molecular weight excluding hydrogens is 300 g/mol. The van der Waals surface area contributed by atoms with Crippen LogP contribution in [0.5, 0.6) is 0 Å². The molecule has 1 fully saturated rings. The highest BCUT2D eigenvalue weighted by Gasteiger charge is 2.30. The molecular formula is C15H22Cl2FNO. The maximum Gasteiger partial charge on any atom is 0.132 e. The fraction of sp³-hybridized carbons (Fsp3) is 0.600. The van der Waals surface area contributed by atoms with E-state index in [2.05, 4.69) is 0 Å². The highest BCUT2D eigenvalue weighted by Crippen LogP contribution is 2.35. The number of aliphatic hydroxyl groups is 1. The second-order valence-corrected chi connectivity index (χ2v) is 5.91. The maximum absolute atomic E-state index is 14.2. The lowest BCUT2D eigenvalue weighted by molar-refractivity contribution is 0.0608. The van der Waals surface area contributed by atoms with Gasteiger partial charge in [0.15, 0.2) is 0 Å². The molecule has 5 heteroatoms. The normalized spacial score (nSPS) is 19.2. The monoisotopic (exact) mass is 321 g/mol. The number of nitrogens with two attached hydrogens (primary N) is 1. The van der Waals surface area contributed by atoms with Crippen LogP contribution in [0.25, 0.3) is 0 Å². The van der Waals surface area contributed by atoms with Gasteiger partial charge in [-0.1, -0.05) is 36.9 Å². The molecule has 114 valence electrons. The lowest BCUT2D eigenvalue weighted by Gasteiger charge is -2.31. The van der Waals surface area contributed by atoms with E-state index >= 15 is 0 Å². The zero-order chi connectivity index (χ0) is 14.0. The summed E-state index contributed by atoms with van der Waals surface area (Å²) >= 11 is 6.05. The Balaban J connectivity index is 0.00000200. The average Bonchev–Trinajstić information content (AvgIpc) is 2.43. The van der Waals surface area contributed by atoms with Crippen molar-refractivity contribution < 1.29 is 9.50 Å². The highest BCUT2D eigenvalue weighted by atomic mass is 35.5. The van der Waals surface area contributed by atoms with Gasteiger partial charge in [0.05, 0.1) is 12.1 Å². The topological polar surface area (TPSA) is 46.2 Å². The van der Waals surface area contributed by atoms with Crippen molar-refractivity contribution >= 4 is 24.0 Å². The van der Waals surface area contributed by atoms with E-state index in [1.54, 1.807) is 19.1 Å². The molecule has 0 bridgehead atoms. The molecule has 0 aliphatic heterocycles. The van der Waals surface area contributed by atoms with Gasteiger partial charge in [-0.2, -0.15) is 0 Å². The van der Waals surface area contributed by atoms with Crippen LogP contribution < -0.4 is 5.73 Å². The second kappa shape index (κ2) is 7.60. The van der Waals surface area contributed by atoms with Gasteiger partial charge in [-0.05, 0) is 37.3 Å². The van der Waals surface area contributed by atoms with Crippen LogP contribution in [0.15, 0.2) is 12.1 Å². The molecule has 3 N–H and O–H groups in total. The van der Waals surface area contributed by atoms with E-state index < -0.39 is 18.0 Å². The summed E-state index contributed by atoms with van der Waals surface area (Å²) in [7, 11) is 0. The molecule has 0 aromatic heterocycles. The van der Waals surface area contributed by atoms with E-state index in [1.165, 1.54) is 6.42 Å². The Morgan fingerprint density at radius 2 is 1.90 bits per heavy atom. The Kier molecular flexibility index (Phi) is 6.73. The molecule has 2 atom stereocenters. The first-order valence-corrected chi connectivity index (χ1v) is 7.28. The predicted molar refractivity (Wildman–Crippen MR) is 82.9 cm³/mol. The molecule has 1 saturated carbocycles. The summed E-state index contributed by atoms with van der Waals surface area (Å²) in [5.74, 6) is -0.241. The minimum Gasteiger partial charge on any atom is -0.391 e. The molecule has 1 aromatic carbocycles. The van der Waals surface area contributed by atoms with Gasteiger partial charge in [-0.25, -0.2) is 4.39 Å². The lowest BCUT2D eigenvalue weighted by atomic mass is 9.81. The minimum atomic E-state index is -0.754. The number of aryl methyl sites for hydroxylation is 1. The number of aliphatic hydroxyl groups excluding tert-OH is 1. The minimum absolute atomic E-state index is 0. The molecule has 2 rings (SSSR count). The van der Waals surface area contributed by atoms with Crippen molar-refractivity contribution in [3.05, 3.63) is 34.1 Å². The summed E-state index contributed by atoms with van der Waals surface area (Å²) in [6, 6.07) is 2.51. The van der Waals surface area contributed by atoms with Gasteiger partial charge >= 0.3 is 0 Å². The van der Waals surface area contributed by atoms with E-state index in [0.29, 0.717) is 10.6 Å². The summed E-state index contributed by atoms with van der Waals surface area (Å²) in [6.45, 7) is 1.68. The molecule has 0 radical (unpaired) electrons. The van der Waals surface area contributed by atoms with Crippen LogP contribution in [-0.2, 0) is 0 Å². The molecule has 0 saturated heterocycles. The molecule has 0 unspecified atom stereocenters. The summed E-state index contributed by atoms with van der Waals surface area (Å²) in [5, 5.41) is 10.7. The number of halogens is 3. The smallest absolute Gasteiger partial charge is 0.132 e. The van der Waals surface area contributed by atoms with Crippen molar-refractivity contribution in [3.8, 4) is 0 Å². The van der Waals surface area contributed by atoms with Gasteiger partial charge in [0.25, 0.3) is 0 Å². The van der Waals surface area contributed by atoms with Gasteiger partial charge in [0.2, 0.25) is 0 Å². The summed E-state index contributed by atoms with van der Waals surface area (Å²) < 4.78 is 14.2. The predicted octanol–water partition coefficient (Wildman–Crippen LogP) is 4.15. The van der Waals surface area contributed by atoms with Crippen LogP contribution >= 0.6 is 24.0 Å². The fourth-order valence-corrected chi connectivity index (χ4v) is 3.20. The van der Waals surface area contributed by atoms with E-state index in [9.17, 15) is 9.50 Å². The molecule has 1 aliphatic rings. The SMILES string of the molecule is Cc1ccc(Cl)c([C@@H](N)[C@@H](O)C2CCCCC2)c1F.Cl. The summed E-state index contributed by atoms with van der Waals surface area (Å²) in [6.07, 6.45) is 4.61. The Labute approximate surface area is 130 Å². The van der Waals surface area contributed by atoms with E-state index in [1.807, 2.05) is 0 Å². The molecule has 1 aliphatic carbocycles. The second-order valence-electron chi connectivity index (χ2n) is 5.51. The highest BCUT2D eigenvalue weighted by molar-refractivity contribution is 6.31. The largest absolute Gasteiger partial charge is 0.391 e. The van der Waals surface area contributed by atoms with Gasteiger partial charge in [-0.3, -0.25) is 0 Å². The number of hydrogen-bond donors (Lipinski definition) is 2. The van der Waals surface area contributed by atoms with Crippen LogP contribution in [0.2, 0.25) is 5.02 Å². The molecule has 2 nitrogen and oxygen atoms in total. The third kappa shape index (κ3) is 3.64. The van der Waals surface area contributed by atoms with Crippen molar-refractivity contribution in [2.75, 3.05) is 0 Å².